The van der Waals surface area contributed by atoms with Crippen molar-refractivity contribution in [1.29, 1.82) is 0 Å². The highest BCUT2D eigenvalue weighted by Gasteiger charge is 2.13. The molecule has 0 atom stereocenters. The van der Waals surface area contributed by atoms with Gasteiger partial charge in [-0.1, -0.05) is 29.8 Å². The van der Waals surface area contributed by atoms with Crippen LogP contribution in [0.25, 0.3) is 0 Å². The number of pyridine rings is 1. The van der Waals surface area contributed by atoms with Crippen LogP contribution in [-0.4, -0.2) is 16.1 Å². The maximum Gasteiger partial charge on any atom is 0.313 e. The molecule has 0 unspecified atom stereocenters. The van der Waals surface area contributed by atoms with E-state index in [1.54, 1.807) is 30.3 Å². The van der Waals surface area contributed by atoms with Crippen molar-refractivity contribution in [3.05, 3.63) is 91.3 Å². The molecule has 0 fully saturated rings. The summed E-state index contributed by atoms with van der Waals surface area (Å²) in [6.07, 6.45) is 2.84. The number of hydrazone groups is 1. The maximum atomic E-state index is 13.7. The topological polar surface area (TPSA) is 89.7 Å². The number of rotatable bonds is 7. The van der Waals surface area contributed by atoms with Gasteiger partial charge in [0.15, 0.2) is 5.75 Å². The third kappa shape index (κ3) is 5.27. The second kappa shape index (κ2) is 9.44. The zero-order valence-electron chi connectivity index (χ0n) is 14.7. The molecule has 7 nitrogen and oxygen atoms in total. The monoisotopic (exact) mass is 478 g/mol. The van der Waals surface area contributed by atoms with Gasteiger partial charge in [-0.25, -0.2) is 9.37 Å². The van der Waals surface area contributed by atoms with Gasteiger partial charge in [0, 0.05) is 17.8 Å². The van der Waals surface area contributed by atoms with Crippen LogP contribution in [-0.2, 0) is 6.61 Å². The molecule has 0 aliphatic rings. The van der Waals surface area contributed by atoms with E-state index in [1.165, 1.54) is 30.6 Å². The summed E-state index contributed by atoms with van der Waals surface area (Å²) in [6, 6.07) is 12.4. The van der Waals surface area contributed by atoms with Crippen LogP contribution in [0.2, 0.25) is 5.02 Å². The number of hydrogen-bond donors (Lipinski definition) is 1. The second-order valence-electron chi connectivity index (χ2n) is 5.69. The van der Waals surface area contributed by atoms with Gasteiger partial charge in [0.05, 0.1) is 20.6 Å². The standard InChI is InChI=1S/C19H13BrClFN4O3/c20-14-8-12(10-24-25-19-17(26(27)28)6-3-7-23-19)9-15(21)18(14)29-11-13-4-1-2-5-16(13)22/h1-10H,11H2,(H,23,25)/b24-10-. The lowest BCUT2D eigenvalue weighted by atomic mass is 10.2. The fourth-order valence-corrected chi connectivity index (χ4v) is 3.34. The third-order valence-corrected chi connectivity index (χ3v) is 4.59. The largest absolute Gasteiger partial charge is 0.486 e. The van der Waals surface area contributed by atoms with Crippen molar-refractivity contribution in [2.24, 2.45) is 5.10 Å². The fraction of sp³-hybridized carbons (Fsp3) is 0.0526. The molecule has 1 N–H and O–H groups in total. The van der Waals surface area contributed by atoms with E-state index in [1.807, 2.05) is 0 Å². The van der Waals surface area contributed by atoms with Crippen molar-refractivity contribution in [1.82, 2.24) is 4.98 Å². The summed E-state index contributed by atoms with van der Waals surface area (Å²) in [5.74, 6) is 0.0161. The van der Waals surface area contributed by atoms with Gasteiger partial charge in [-0.05, 0) is 45.8 Å². The number of benzene rings is 2. The van der Waals surface area contributed by atoms with E-state index in [9.17, 15) is 14.5 Å². The van der Waals surface area contributed by atoms with Crippen molar-refractivity contribution < 1.29 is 14.1 Å². The van der Waals surface area contributed by atoms with E-state index in [2.05, 4.69) is 31.4 Å². The van der Waals surface area contributed by atoms with Crippen LogP contribution in [0.4, 0.5) is 15.9 Å². The van der Waals surface area contributed by atoms with Gasteiger partial charge in [-0.3, -0.25) is 15.5 Å². The molecule has 2 aromatic carbocycles. The first kappa shape index (κ1) is 20.7. The minimum atomic E-state index is -0.556. The van der Waals surface area contributed by atoms with Gasteiger partial charge in [-0.2, -0.15) is 5.10 Å². The summed E-state index contributed by atoms with van der Waals surface area (Å²) in [6.45, 7) is 0.0172. The Balaban J connectivity index is 1.71. The molecule has 0 spiro atoms. The van der Waals surface area contributed by atoms with Crippen LogP contribution in [0.15, 0.2) is 64.3 Å². The first-order chi connectivity index (χ1) is 14.0. The van der Waals surface area contributed by atoms with Crippen molar-refractivity contribution >= 4 is 45.3 Å². The number of nitrogens with one attached hydrogen (secondary N) is 1. The molecule has 148 valence electrons. The van der Waals surface area contributed by atoms with E-state index < -0.39 is 4.92 Å². The van der Waals surface area contributed by atoms with Crippen LogP contribution in [0, 0.1) is 15.9 Å². The highest BCUT2D eigenvalue weighted by atomic mass is 79.9. The smallest absolute Gasteiger partial charge is 0.313 e. The van der Waals surface area contributed by atoms with Crippen molar-refractivity contribution in [2.45, 2.75) is 6.61 Å². The molecule has 0 aliphatic carbocycles. The Kier molecular flexibility index (Phi) is 6.73. The molecule has 1 aromatic heterocycles. The van der Waals surface area contributed by atoms with Crippen LogP contribution in [0.1, 0.15) is 11.1 Å². The van der Waals surface area contributed by atoms with Gasteiger partial charge >= 0.3 is 5.69 Å². The Morgan fingerprint density at radius 2 is 2.10 bits per heavy atom. The van der Waals surface area contributed by atoms with Gasteiger partial charge in [0.2, 0.25) is 5.82 Å². The molecule has 29 heavy (non-hydrogen) atoms. The van der Waals surface area contributed by atoms with E-state index >= 15 is 0 Å². The molecular weight excluding hydrogens is 467 g/mol. The van der Waals surface area contributed by atoms with E-state index in [0.717, 1.165) is 0 Å². The lowest BCUT2D eigenvalue weighted by Gasteiger charge is -2.11. The maximum absolute atomic E-state index is 13.7. The predicted octanol–water partition coefficient (Wildman–Crippen LogP) is 5.57. The molecule has 1 heterocycles. The van der Waals surface area contributed by atoms with Crippen LogP contribution in [0.3, 0.4) is 0 Å². The van der Waals surface area contributed by atoms with Crippen LogP contribution >= 0.6 is 27.5 Å². The Labute approximate surface area is 178 Å². The van der Waals surface area contributed by atoms with Crippen molar-refractivity contribution in [2.75, 3.05) is 5.43 Å². The zero-order chi connectivity index (χ0) is 20.8. The van der Waals surface area contributed by atoms with Crippen molar-refractivity contribution in [3.63, 3.8) is 0 Å². The second-order valence-corrected chi connectivity index (χ2v) is 6.95. The van der Waals surface area contributed by atoms with Crippen LogP contribution in [0.5, 0.6) is 5.75 Å². The van der Waals surface area contributed by atoms with E-state index in [-0.39, 0.29) is 23.9 Å². The Morgan fingerprint density at radius 1 is 1.31 bits per heavy atom. The van der Waals surface area contributed by atoms with Crippen LogP contribution < -0.4 is 10.2 Å². The normalized spacial score (nSPS) is 10.9. The molecular formula is C19H13BrClFN4O3. The minimum absolute atomic E-state index is 0.0172. The molecule has 0 saturated carbocycles. The number of anilines is 1. The third-order valence-electron chi connectivity index (χ3n) is 3.72. The Bertz CT molecular complexity index is 1060. The summed E-state index contributed by atoms with van der Waals surface area (Å²) in [7, 11) is 0. The molecule has 0 amide bonds. The fourth-order valence-electron chi connectivity index (χ4n) is 2.36. The van der Waals surface area contributed by atoms with Crippen molar-refractivity contribution in [3.8, 4) is 5.75 Å². The highest BCUT2D eigenvalue weighted by Crippen LogP contribution is 2.35. The molecule has 3 rings (SSSR count). The lowest BCUT2D eigenvalue weighted by molar-refractivity contribution is -0.384. The Morgan fingerprint density at radius 3 is 2.83 bits per heavy atom. The Hall–Kier alpha value is -3.04. The lowest BCUT2D eigenvalue weighted by Crippen LogP contribution is -2.00. The number of ether oxygens (including phenoxy) is 1. The first-order valence-electron chi connectivity index (χ1n) is 8.19. The van der Waals surface area contributed by atoms with Gasteiger partial charge < -0.3 is 4.74 Å². The molecule has 0 saturated heterocycles. The summed E-state index contributed by atoms with van der Waals surface area (Å²) in [4.78, 5) is 14.3. The number of aromatic nitrogens is 1. The molecule has 3 aromatic rings. The summed E-state index contributed by atoms with van der Waals surface area (Å²) >= 11 is 9.64. The number of hydrogen-bond acceptors (Lipinski definition) is 6. The van der Waals surface area contributed by atoms with Gasteiger partial charge in [0.25, 0.3) is 0 Å². The molecule has 0 radical (unpaired) electrons. The zero-order valence-corrected chi connectivity index (χ0v) is 17.0. The number of halogens is 3. The van der Waals surface area contributed by atoms with Gasteiger partial charge in [0.1, 0.15) is 12.4 Å². The summed E-state index contributed by atoms with van der Waals surface area (Å²) in [5.41, 5.74) is 3.35. The number of nitrogens with zero attached hydrogens (tertiary/aromatic N) is 3. The molecule has 0 aliphatic heterocycles. The predicted molar refractivity (Wildman–Crippen MR) is 112 cm³/mol. The van der Waals surface area contributed by atoms with E-state index in [0.29, 0.717) is 26.4 Å². The summed E-state index contributed by atoms with van der Waals surface area (Å²) in [5, 5.41) is 15.2. The number of nitro groups is 1. The summed E-state index contributed by atoms with van der Waals surface area (Å²) < 4.78 is 19.9. The quantitative estimate of drug-likeness (QED) is 0.272. The highest BCUT2D eigenvalue weighted by molar-refractivity contribution is 9.10. The average molecular weight is 480 g/mol. The molecule has 10 heteroatoms. The van der Waals surface area contributed by atoms with Gasteiger partial charge in [-0.15, -0.1) is 0 Å². The first-order valence-corrected chi connectivity index (χ1v) is 9.36. The minimum Gasteiger partial charge on any atom is -0.486 e. The SMILES string of the molecule is O=[N+]([O-])c1cccnc1N/N=C\c1cc(Cl)c(OCc2ccccc2F)c(Br)c1. The average Bonchev–Trinajstić information content (AvgIpc) is 2.69. The van der Waals surface area contributed by atoms with E-state index in [4.69, 9.17) is 16.3 Å². The molecule has 0 bridgehead atoms.